The molecule has 0 aromatic carbocycles. The largest absolute Gasteiger partial charge is 0.307 e. The van der Waals surface area contributed by atoms with Crippen molar-refractivity contribution in [3.63, 3.8) is 0 Å². The van der Waals surface area contributed by atoms with Crippen molar-refractivity contribution in [1.82, 2.24) is 5.32 Å². The average Bonchev–Trinajstić information content (AvgIpc) is 2.56. The lowest BCUT2D eigenvalue weighted by Gasteiger charge is -2.17. The lowest BCUT2D eigenvalue weighted by Crippen LogP contribution is -2.27. The van der Waals surface area contributed by atoms with Crippen molar-refractivity contribution in [1.29, 1.82) is 0 Å². The Morgan fingerprint density at radius 2 is 2.25 bits per heavy atom. The smallest absolute Gasteiger partial charge is 0.0388 e. The third-order valence-corrected chi connectivity index (χ3v) is 3.17. The van der Waals surface area contributed by atoms with E-state index in [1.807, 2.05) is 11.3 Å². The maximum Gasteiger partial charge on any atom is 0.0388 e. The number of hydrogen-bond acceptors (Lipinski definition) is 2. The van der Waals surface area contributed by atoms with E-state index >= 15 is 0 Å². The van der Waals surface area contributed by atoms with Crippen LogP contribution < -0.4 is 5.32 Å². The van der Waals surface area contributed by atoms with Gasteiger partial charge < -0.3 is 5.32 Å². The predicted molar refractivity (Wildman–Crippen MR) is 55.6 cm³/mol. The molecule has 0 saturated heterocycles. The van der Waals surface area contributed by atoms with Crippen molar-refractivity contribution in [2.45, 2.75) is 39.3 Å². The molecular weight excluding hydrogens is 166 g/mol. The molecule has 1 aromatic heterocycles. The highest BCUT2D eigenvalue weighted by Gasteiger charge is 2.07. The van der Waals surface area contributed by atoms with Gasteiger partial charge in [0.05, 0.1) is 0 Å². The van der Waals surface area contributed by atoms with Crippen LogP contribution in [0.15, 0.2) is 17.5 Å². The zero-order chi connectivity index (χ0) is 8.97. The van der Waals surface area contributed by atoms with Crippen LogP contribution in [-0.4, -0.2) is 6.04 Å². The maximum absolute atomic E-state index is 3.54. The normalized spacial score (nSPS) is 15.9. The molecule has 0 aliphatic carbocycles. The Balaban J connectivity index is 2.44. The van der Waals surface area contributed by atoms with Gasteiger partial charge in [0.2, 0.25) is 0 Å². The second-order valence-electron chi connectivity index (χ2n) is 3.21. The molecule has 1 heterocycles. The second-order valence-corrected chi connectivity index (χ2v) is 4.19. The highest BCUT2D eigenvalue weighted by molar-refractivity contribution is 7.10. The maximum atomic E-state index is 3.54. The fourth-order valence-electron chi connectivity index (χ4n) is 1.16. The minimum Gasteiger partial charge on any atom is -0.307 e. The summed E-state index contributed by atoms with van der Waals surface area (Å²) in [7, 11) is 0. The fraction of sp³-hybridized carbons (Fsp3) is 0.600. The summed E-state index contributed by atoms with van der Waals surface area (Å²) in [5, 5.41) is 5.67. The lowest BCUT2D eigenvalue weighted by atomic mass is 10.2. The first-order valence-corrected chi connectivity index (χ1v) is 5.41. The van der Waals surface area contributed by atoms with Crippen LogP contribution in [0.1, 0.15) is 38.1 Å². The monoisotopic (exact) mass is 183 g/mol. The average molecular weight is 183 g/mol. The SMILES string of the molecule is CC[C@@H](C)N[C@@H](C)c1cccs1. The molecule has 1 rings (SSSR count). The van der Waals surface area contributed by atoms with Crippen molar-refractivity contribution in [3.05, 3.63) is 22.4 Å². The van der Waals surface area contributed by atoms with Gasteiger partial charge in [-0.05, 0) is 31.7 Å². The summed E-state index contributed by atoms with van der Waals surface area (Å²) < 4.78 is 0. The van der Waals surface area contributed by atoms with Gasteiger partial charge in [-0.1, -0.05) is 13.0 Å². The van der Waals surface area contributed by atoms with Gasteiger partial charge in [-0.2, -0.15) is 0 Å². The van der Waals surface area contributed by atoms with E-state index in [9.17, 15) is 0 Å². The Labute approximate surface area is 78.8 Å². The molecular formula is C10H17NS. The summed E-state index contributed by atoms with van der Waals surface area (Å²) in [6.45, 7) is 6.65. The van der Waals surface area contributed by atoms with Crippen LogP contribution in [0.2, 0.25) is 0 Å². The molecule has 2 heteroatoms. The van der Waals surface area contributed by atoms with E-state index in [4.69, 9.17) is 0 Å². The summed E-state index contributed by atoms with van der Waals surface area (Å²) in [4.78, 5) is 1.43. The second kappa shape index (κ2) is 4.63. The van der Waals surface area contributed by atoms with E-state index in [0.29, 0.717) is 12.1 Å². The molecule has 1 N–H and O–H groups in total. The van der Waals surface area contributed by atoms with Gasteiger partial charge in [-0.25, -0.2) is 0 Å². The summed E-state index contributed by atoms with van der Waals surface area (Å²) in [6, 6.07) is 5.40. The zero-order valence-corrected chi connectivity index (χ0v) is 8.82. The minimum atomic E-state index is 0.500. The van der Waals surface area contributed by atoms with Crippen LogP contribution in [0.3, 0.4) is 0 Å². The molecule has 0 bridgehead atoms. The Kier molecular flexibility index (Phi) is 3.76. The van der Waals surface area contributed by atoms with Gasteiger partial charge in [-0.3, -0.25) is 0 Å². The standard InChI is InChI=1S/C10H17NS/c1-4-8(2)11-9(3)10-6-5-7-12-10/h5-9,11H,4H2,1-3H3/t8-,9+/m1/s1. The van der Waals surface area contributed by atoms with Gasteiger partial charge in [-0.15, -0.1) is 11.3 Å². The molecule has 68 valence electrons. The minimum absolute atomic E-state index is 0.500. The highest BCUT2D eigenvalue weighted by atomic mass is 32.1. The fourth-order valence-corrected chi connectivity index (χ4v) is 1.91. The Morgan fingerprint density at radius 1 is 1.50 bits per heavy atom. The van der Waals surface area contributed by atoms with E-state index in [-0.39, 0.29) is 0 Å². The molecule has 0 aliphatic heterocycles. The van der Waals surface area contributed by atoms with Gasteiger partial charge in [0.15, 0.2) is 0 Å². The molecule has 0 spiro atoms. The molecule has 0 aliphatic rings. The summed E-state index contributed by atoms with van der Waals surface area (Å²) in [5.41, 5.74) is 0. The zero-order valence-electron chi connectivity index (χ0n) is 8.00. The van der Waals surface area contributed by atoms with E-state index in [1.165, 1.54) is 11.3 Å². The molecule has 1 aromatic rings. The van der Waals surface area contributed by atoms with Gasteiger partial charge in [0.25, 0.3) is 0 Å². The molecule has 0 radical (unpaired) electrons. The first kappa shape index (κ1) is 9.75. The van der Waals surface area contributed by atoms with Crippen molar-refractivity contribution >= 4 is 11.3 Å². The first-order valence-electron chi connectivity index (χ1n) is 4.53. The van der Waals surface area contributed by atoms with Crippen LogP contribution in [0.4, 0.5) is 0 Å². The topological polar surface area (TPSA) is 12.0 Å². The number of thiophene rings is 1. The van der Waals surface area contributed by atoms with Crippen LogP contribution >= 0.6 is 11.3 Å². The Bertz CT molecular complexity index is 206. The van der Waals surface area contributed by atoms with Gasteiger partial charge in [0, 0.05) is 17.0 Å². The molecule has 1 nitrogen and oxygen atoms in total. The lowest BCUT2D eigenvalue weighted by molar-refractivity contribution is 0.474. The predicted octanol–water partition coefficient (Wildman–Crippen LogP) is 3.20. The molecule has 0 saturated carbocycles. The van der Waals surface area contributed by atoms with Gasteiger partial charge >= 0.3 is 0 Å². The summed E-state index contributed by atoms with van der Waals surface area (Å²) in [6.07, 6.45) is 1.19. The van der Waals surface area contributed by atoms with Crippen molar-refractivity contribution < 1.29 is 0 Å². The van der Waals surface area contributed by atoms with Crippen LogP contribution in [-0.2, 0) is 0 Å². The quantitative estimate of drug-likeness (QED) is 0.756. The van der Waals surface area contributed by atoms with Crippen molar-refractivity contribution in [3.8, 4) is 0 Å². The van der Waals surface area contributed by atoms with E-state index in [1.54, 1.807) is 0 Å². The van der Waals surface area contributed by atoms with Crippen LogP contribution in [0.5, 0.6) is 0 Å². The van der Waals surface area contributed by atoms with E-state index in [0.717, 1.165) is 0 Å². The van der Waals surface area contributed by atoms with Crippen molar-refractivity contribution in [2.24, 2.45) is 0 Å². The third-order valence-electron chi connectivity index (χ3n) is 2.12. The summed E-state index contributed by atoms with van der Waals surface area (Å²) in [5.74, 6) is 0. The Morgan fingerprint density at radius 3 is 2.75 bits per heavy atom. The number of hydrogen-bond donors (Lipinski definition) is 1. The molecule has 0 fully saturated rings. The first-order chi connectivity index (χ1) is 5.74. The number of rotatable bonds is 4. The molecule has 0 amide bonds. The summed E-state index contributed by atoms with van der Waals surface area (Å²) >= 11 is 1.82. The molecule has 12 heavy (non-hydrogen) atoms. The van der Waals surface area contributed by atoms with Crippen LogP contribution in [0.25, 0.3) is 0 Å². The number of nitrogens with one attached hydrogen (secondary N) is 1. The van der Waals surface area contributed by atoms with E-state index < -0.39 is 0 Å². The van der Waals surface area contributed by atoms with Crippen molar-refractivity contribution in [2.75, 3.05) is 0 Å². The van der Waals surface area contributed by atoms with Crippen LogP contribution in [0, 0.1) is 0 Å². The van der Waals surface area contributed by atoms with E-state index in [2.05, 4.69) is 43.6 Å². The highest BCUT2D eigenvalue weighted by Crippen LogP contribution is 2.18. The third kappa shape index (κ3) is 2.61. The Hall–Kier alpha value is -0.340. The molecule has 0 unspecified atom stereocenters. The van der Waals surface area contributed by atoms with Gasteiger partial charge in [0.1, 0.15) is 0 Å². The molecule has 2 atom stereocenters.